The Morgan fingerprint density at radius 1 is 0.532 bits per heavy atom. The molecule has 15 nitrogen and oxygen atoms in total. The van der Waals surface area contributed by atoms with Gasteiger partial charge in [-0.25, -0.2) is 4.79 Å². The topological polar surface area (TPSA) is 221 Å². The lowest BCUT2D eigenvalue weighted by molar-refractivity contribution is -0.142. The third kappa shape index (κ3) is 46.2. The standard InChI is InChI=1S/C29H53NO8.C18H33NO5.H2/c1-37-23-24-38-22-16-17-25(31)20-21-26(29(35)36)30-27(32)18-14-12-10-8-6-4-2-3-5-7-9-11-13-15-19-28(33)34;1-4-18(22)19-10-11-23-12-13-24-14-17(21)9-7-5-6-8-15(2)16(3)20;/h26H,2-24H2,1H3,(H,30,32)(H,33,34)(H,35,36);15H,4-14H2,1-3H3,(H,19,22);1H/t26-;15-;/m00./s1. The molecular weight excluding hydrogens is 801 g/mol. The van der Waals surface area contributed by atoms with Crippen molar-refractivity contribution < 1.29 is 64.1 Å². The van der Waals surface area contributed by atoms with Crippen molar-refractivity contribution in [2.24, 2.45) is 5.92 Å². The number of rotatable bonds is 45. The SMILES string of the molecule is CCC(=O)NCCOCCOCC(=O)CCCCC[C@H](C)C(C)=O.COCCOCCCC(=O)CC[C@H](NC(=O)CCCCCCCCCCCCCCCCC(=O)O)C(=O)O.[HH]. The normalized spacial score (nSPS) is 11.9. The van der Waals surface area contributed by atoms with E-state index in [2.05, 4.69) is 10.6 Å². The zero-order chi connectivity index (χ0) is 46.5. The maximum atomic E-state index is 12.2. The van der Waals surface area contributed by atoms with Crippen LogP contribution in [0.25, 0.3) is 0 Å². The maximum Gasteiger partial charge on any atom is 0.326 e. The molecule has 0 aliphatic heterocycles. The van der Waals surface area contributed by atoms with Crippen LogP contribution in [0.15, 0.2) is 0 Å². The van der Waals surface area contributed by atoms with E-state index < -0.39 is 18.0 Å². The minimum Gasteiger partial charge on any atom is -0.481 e. The second-order valence-corrected chi connectivity index (χ2v) is 16.1. The van der Waals surface area contributed by atoms with Crippen molar-refractivity contribution in [3.8, 4) is 0 Å². The molecule has 4 N–H and O–H groups in total. The van der Waals surface area contributed by atoms with Crippen LogP contribution in [0.5, 0.6) is 0 Å². The molecule has 0 saturated carbocycles. The van der Waals surface area contributed by atoms with Crippen molar-refractivity contribution in [1.29, 1.82) is 0 Å². The van der Waals surface area contributed by atoms with Crippen LogP contribution in [-0.4, -0.2) is 117 Å². The van der Waals surface area contributed by atoms with E-state index >= 15 is 0 Å². The van der Waals surface area contributed by atoms with Gasteiger partial charge in [0.15, 0.2) is 5.78 Å². The Morgan fingerprint density at radius 2 is 1.03 bits per heavy atom. The molecule has 0 aromatic heterocycles. The molecule has 364 valence electrons. The smallest absolute Gasteiger partial charge is 0.326 e. The first-order chi connectivity index (χ1) is 29.8. The summed E-state index contributed by atoms with van der Waals surface area (Å²) in [5.41, 5.74) is 0. The lowest BCUT2D eigenvalue weighted by Gasteiger charge is -2.14. The summed E-state index contributed by atoms with van der Waals surface area (Å²) in [6, 6.07) is -1.03. The molecule has 0 fully saturated rings. The van der Waals surface area contributed by atoms with Gasteiger partial charge in [-0.2, -0.15) is 0 Å². The largest absolute Gasteiger partial charge is 0.481 e. The van der Waals surface area contributed by atoms with Gasteiger partial charge in [0.2, 0.25) is 11.8 Å². The van der Waals surface area contributed by atoms with Crippen LogP contribution in [0.1, 0.15) is 189 Å². The highest BCUT2D eigenvalue weighted by molar-refractivity contribution is 5.84. The second kappa shape index (κ2) is 45.7. The van der Waals surface area contributed by atoms with Gasteiger partial charge in [-0.05, 0) is 45.4 Å². The minimum absolute atomic E-state index is 0. The fourth-order valence-electron chi connectivity index (χ4n) is 6.27. The van der Waals surface area contributed by atoms with Gasteiger partial charge in [-0.3, -0.25) is 28.8 Å². The van der Waals surface area contributed by atoms with Crippen molar-refractivity contribution in [3.05, 3.63) is 0 Å². The van der Waals surface area contributed by atoms with E-state index in [9.17, 15) is 38.7 Å². The first kappa shape index (κ1) is 60.8. The lowest BCUT2D eigenvalue weighted by atomic mass is 9.99. The molecule has 0 aromatic carbocycles. The number of carbonyl (C=O) groups excluding carboxylic acids is 5. The Kier molecular flexibility index (Phi) is 44.9. The van der Waals surface area contributed by atoms with Crippen LogP contribution in [0.3, 0.4) is 0 Å². The second-order valence-electron chi connectivity index (χ2n) is 16.1. The monoisotopic (exact) mass is 889 g/mol. The van der Waals surface area contributed by atoms with Crippen molar-refractivity contribution in [2.45, 2.75) is 194 Å². The van der Waals surface area contributed by atoms with E-state index in [0.29, 0.717) is 78.3 Å². The molecule has 62 heavy (non-hydrogen) atoms. The van der Waals surface area contributed by atoms with Crippen molar-refractivity contribution in [1.82, 2.24) is 10.6 Å². The summed E-state index contributed by atoms with van der Waals surface area (Å²) in [7, 11) is 1.59. The van der Waals surface area contributed by atoms with Gasteiger partial charge in [0.05, 0.1) is 33.0 Å². The zero-order valence-electron chi connectivity index (χ0n) is 39.1. The number of carbonyl (C=O) groups is 7. The van der Waals surface area contributed by atoms with Crippen molar-refractivity contribution in [3.63, 3.8) is 0 Å². The number of ketones is 3. The molecule has 2 atom stereocenters. The average molecular weight is 889 g/mol. The molecule has 0 aliphatic rings. The highest BCUT2D eigenvalue weighted by Crippen LogP contribution is 2.15. The summed E-state index contributed by atoms with van der Waals surface area (Å²) in [5.74, 6) is -1.63. The molecule has 0 radical (unpaired) electrons. The summed E-state index contributed by atoms with van der Waals surface area (Å²) in [6.07, 6.45) is 22.0. The average Bonchev–Trinajstić information content (AvgIpc) is 3.23. The molecule has 0 bridgehead atoms. The first-order valence-corrected chi connectivity index (χ1v) is 23.6. The molecule has 0 aliphatic carbocycles. The predicted octanol–water partition coefficient (Wildman–Crippen LogP) is 8.21. The third-order valence-corrected chi connectivity index (χ3v) is 10.4. The molecular formula is C47H88N2O13. The number of nitrogens with one attached hydrogen (secondary N) is 2. The minimum atomic E-state index is -1.11. The molecule has 0 heterocycles. The zero-order valence-corrected chi connectivity index (χ0v) is 39.1. The van der Waals surface area contributed by atoms with E-state index in [1.807, 2.05) is 6.92 Å². The highest BCUT2D eigenvalue weighted by atomic mass is 16.5. The van der Waals surface area contributed by atoms with Crippen LogP contribution < -0.4 is 10.6 Å². The van der Waals surface area contributed by atoms with Crippen LogP contribution in [0.4, 0.5) is 0 Å². The van der Waals surface area contributed by atoms with E-state index in [0.717, 1.165) is 70.6 Å². The van der Waals surface area contributed by atoms with Gasteiger partial charge >= 0.3 is 11.9 Å². The number of methoxy groups -OCH3 is 1. The highest BCUT2D eigenvalue weighted by Gasteiger charge is 2.20. The van der Waals surface area contributed by atoms with Crippen LogP contribution in [0, 0.1) is 5.92 Å². The number of carboxylic acids is 2. The Labute approximate surface area is 374 Å². The number of aliphatic carboxylic acids is 2. The fraction of sp³-hybridized carbons (Fsp3) is 0.851. The van der Waals surface area contributed by atoms with Gasteiger partial charge < -0.3 is 39.8 Å². The Bertz CT molecular complexity index is 1170. The number of unbranched alkanes of at least 4 members (excludes halogenated alkanes) is 15. The van der Waals surface area contributed by atoms with Gasteiger partial charge in [-0.15, -0.1) is 0 Å². The molecule has 0 aromatic rings. The summed E-state index contributed by atoms with van der Waals surface area (Å²) >= 11 is 0. The number of hydrogen-bond acceptors (Lipinski definition) is 11. The fourth-order valence-corrected chi connectivity index (χ4v) is 6.27. The number of Topliss-reactive ketones (excluding diaryl/α,β-unsaturated/α-hetero) is 3. The molecule has 2 amide bonds. The number of carboxylic acid groups (broad SMARTS) is 2. The molecule has 0 saturated heterocycles. The van der Waals surface area contributed by atoms with E-state index in [4.69, 9.17) is 24.1 Å². The van der Waals surface area contributed by atoms with Crippen LogP contribution >= 0.6 is 0 Å². The molecule has 15 heteroatoms. The van der Waals surface area contributed by atoms with E-state index in [-0.39, 0.29) is 62.4 Å². The predicted molar refractivity (Wildman–Crippen MR) is 242 cm³/mol. The summed E-state index contributed by atoms with van der Waals surface area (Å²) in [5, 5.41) is 23.3. The van der Waals surface area contributed by atoms with Gasteiger partial charge in [0.25, 0.3) is 0 Å². The summed E-state index contributed by atoms with van der Waals surface area (Å²) < 4.78 is 20.7. The molecule has 0 rings (SSSR count). The van der Waals surface area contributed by atoms with E-state index in [1.54, 1.807) is 21.0 Å². The number of ether oxygens (including phenoxy) is 4. The quantitative estimate of drug-likeness (QED) is 0.0424. The summed E-state index contributed by atoms with van der Waals surface area (Å²) in [4.78, 5) is 79.7. The van der Waals surface area contributed by atoms with Gasteiger partial charge in [-0.1, -0.05) is 104 Å². The Hall–Kier alpha value is -3.27. The molecule has 0 unspecified atom stereocenters. The molecule has 0 spiro atoms. The van der Waals surface area contributed by atoms with E-state index in [1.165, 1.54) is 44.9 Å². The van der Waals surface area contributed by atoms with Crippen LogP contribution in [0.2, 0.25) is 0 Å². The van der Waals surface area contributed by atoms with Crippen LogP contribution in [-0.2, 0) is 52.5 Å². The number of amides is 2. The third-order valence-electron chi connectivity index (χ3n) is 10.4. The van der Waals surface area contributed by atoms with Crippen molar-refractivity contribution in [2.75, 3.05) is 59.9 Å². The first-order valence-electron chi connectivity index (χ1n) is 23.6. The Morgan fingerprint density at radius 3 is 1.58 bits per heavy atom. The lowest BCUT2D eigenvalue weighted by Crippen LogP contribution is -2.41. The van der Waals surface area contributed by atoms with Gasteiger partial charge in [0.1, 0.15) is 24.2 Å². The summed E-state index contributed by atoms with van der Waals surface area (Å²) in [6.45, 7) is 8.69. The van der Waals surface area contributed by atoms with Gasteiger partial charge in [0, 0.05) is 66.1 Å². The number of hydrogen-bond donors (Lipinski definition) is 4. The maximum absolute atomic E-state index is 12.2. The Balaban J connectivity index is -0.00000124. The van der Waals surface area contributed by atoms with Crippen molar-refractivity contribution >= 4 is 41.1 Å².